The van der Waals surface area contributed by atoms with Crippen molar-refractivity contribution in [1.29, 1.82) is 0 Å². The molecule has 1 heterocycles. The van der Waals surface area contributed by atoms with Crippen LogP contribution in [0.25, 0.3) is 5.69 Å². The van der Waals surface area contributed by atoms with Gasteiger partial charge in [-0.2, -0.15) is 5.10 Å². The summed E-state index contributed by atoms with van der Waals surface area (Å²) in [5.74, 6) is -0.390. The van der Waals surface area contributed by atoms with Gasteiger partial charge >= 0.3 is 0 Å². The number of aromatic nitrogens is 2. The molecule has 2 rings (SSSR count). The molecule has 0 bridgehead atoms. The summed E-state index contributed by atoms with van der Waals surface area (Å²) in [7, 11) is 1.47. The number of methoxy groups -OCH3 is 1. The lowest BCUT2D eigenvalue weighted by molar-refractivity contribution is 0.0608. The lowest BCUT2D eigenvalue weighted by Gasteiger charge is -2.09. The van der Waals surface area contributed by atoms with Crippen LogP contribution in [0.5, 0.6) is 0 Å². The van der Waals surface area contributed by atoms with E-state index in [0.29, 0.717) is 15.7 Å². The maximum atomic E-state index is 11.9. The molecular weight excluding hydrogens is 329 g/mol. The maximum Gasteiger partial charge on any atom is 0.271 e. The minimum Gasteiger partial charge on any atom is -0.389 e. The standard InChI is InChI=1S/C14H15Cl2N3O3/c1-22-8-10(20)7-17-14(21)12-4-5-19(18-12)13-3-2-9(15)6-11(13)16/h2-6,10,20H,7-8H2,1H3,(H,17,21). The minimum absolute atomic E-state index is 0.0846. The Morgan fingerprint density at radius 1 is 1.45 bits per heavy atom. The van der Waals surface area contributed by atoms with E-state index in [-0.39, 0.29) is 24.8 Å². The first-order valence-corrected chi connectivity index (χ1v) is 7.23. The molecule has 1 aromatic heterocycles. The third kappa shape index (κ3) is 4.20. The third-order valence-corrected chi connectivity index (χ3v) is 3.37. The lowest BCUT2D eigenvalue weighted by Crippen LogP contribution is -2.34. The average molecular weight is 344 g/mol. The van der Waals surface area contributed by atoms with E-state index in [4.69, 9.17) is 27.9 Å². The van der Waals surface area contributed by atoms with Gasteiger partial charge in [-0.15, -0.1) is 0 Å². The molecule has 0 saturated heterocycles. The van der Waals surface area contributed by atoms with Crippen molar-refractivity contribution in [2.24, 2.45) is 0 Å². The number of halogens is 2. The van der Waals surface area contributed by atoms with E-state index in [1.807, 2.05) is 0 Å². The normalized spacial score (nSPS) is 12.2. The molecule has 8 heteroatoms. The van der Waals surface area contributed by atoms with E-state index in [9.17, 15) is 9.90 Å². The largest absolute Gasteiger partial charge is 0.389 e. The fourth-order valence-corrected chi connectivity index (χ4v) is 2.29. The average Bonchev–Trinajstić information content (AvgIpc) is 2.94. The zero-order valence-electron chi connectivity index (χ0n) is 11.8. The first-order chi connectivity index (χ1) is 10.5. The molecule has 1 aromatic carbocycles. The first kappa shape index (κ1) is 16.8. The summed E-state index contributed by atoms with van der Waals surface area (Å²) >= 11 is 11.9. The van der Waals surface area contributed by atoms with Crippen molar-refractivity contribution in [1.82, 2.24) is 15.1 Å². The van der Waals surface area contributed by atoms with Crippen LogP contribution >= 0.6 is 23.2 Å². The number of amides is 1. The third-order valence-electron chi connectivity index (χ3n) is 2.84. The summed E-state index contributed by atoms with van der Waals surface area (Å²) in [4.78, 5) is 11.9. The maximum absolute atomic E-state index is 11.9. The highest BCUT2D eigenvalue weighted by Gasteiger charge is 2.13. The summed E-state index contributed by atoms with van der Waals surface area (Å²) in [6.45, 7) is 0.232. The quantitative estimate of drug-likeness (QED) is 0.839. The van der Waals surface area contributed by atoms with Gasteiger partial charge in [0.15, 0.2) is 5.69 Å². The van der Waals surface area contributed by atoms with Crippen molar-refractivity contribution in [3.05, 3.63) is 46.2 Å². The molecule has 2 N–H and O–H groups in total. The van der Waals surface area contributed by atoms with Gasteiger partial charge in [0.1, 0.15) is 0 Å². The first-order valence-electron chi connectivity index (χ1n) is 6.47. The molecular formula is C14H15Cl2N3O3. The molecule has 1 amide bonds. The number of aliphatic hydroxyl groups is 1. The van der Waals surface area contributed by atoms with E-state index in [0.717, 1.165) is 0 Å². The molecule has 0 aliphatic heterocycles. The number of benzene rings is 1. The van der Waals surface area contributed by atoms with Crippen molar-refractivity contribution in [2.75, 3.05) is 20.3 Å². The highest BCUT2D eigenvalue weighted by molar-refractivity contribution is 6.35. The Morgan fingerprint density at radius 2 is 2.23 bits per heavy atom. The second-order valence-electron chi connectivity index (χ2n) is 4.56. The zero-order valence-corrected chi connectivity index (χ0v) is 13.3. The number of rotatable bonds is 6. The smallest absolute Gasteiger partial charge is 0.271 e. The summed E-state index contributed by atoms with van der Waals surface area (Å²) in [6.07, 6.45) is 0.858. The van der Waals surface area contributed by atoms with Crippen LogP contribution in [0.2, 0.25) is 10.0 Å². The van der Waals surface area contributed by atoms with E-state index in [2.05, 4.69) is 10.4 Å². The second kappa shape index (κ2) is 7.60. The van der Waals surface area contributed by atoms with Gasteiger partial charge in [0.2, 0.25) is 0 Å². The van der Waals surface area contributed by atoms with Gasteiger partial charge in [-0.25, -0.2) is 4.68 Å². The van der Waals surface area contributed by atoms with Crippen LogP contribution in [0.15, 0.2) is 30.5 Å². The van der Waals surface area contributed by atoms with E-state index in [1.165, 1.54) is 11.8 Å². The van der Waals surface area contributed by atoms with Crippen LogP contribution in [0.3, 0.4) is 0 Å². The molecule has 0 saturated carbocycles. The number of ether oxygens (including phenoxy) is 1. The predicted molar refractivity (Wildman–Crippen MR) is 83.8 cm³/mol. The number of hydrogen-bond donors (Lipinski definition) is 2. The highest BCUT2D eigenvalue weighted by Crippen LogP contribution is 2.23. The van der Waals surface area contributed by atoms with Gasteiger partial charge in [-0.3, -0.25) is 4.79 Å². The van der Waals surface area contributed by atoms with Crippen molar-refractivity contribution in [3.63, 3.8) is 0 Å². The van der Waals surface area contributed by atoms with Crippen LogP contribution in [0.1, 0.15) is 10.5 Å². The summed E-state index contributed by atoms with van der Waals surface area (Å²) in [6, 6.07) is 6.55. The van der Waals surface area contributed by atoms with Crippen molar-refractivity contribution >= 4 is 29.1 Å². The van der Waals surface area contributed by atoms with Gasteiger partial charge in [0.25, 0.3) is 5.91 Å². The summed E-state index contributed by atoms with van der Waals surface area (Å²) < 4.78 is 6.27. The molecule has 0 aliphatic carbocycles. The Labute approximate surface area is 137 Å². The molecule has 0 radical (unpaired) electrons. The van der Waals surface area contributed by atoms with Gasteiger partial charge in [0.05, 0.1) is 23.4 Å². The SMILES string of the molecule is COCC(O)CNC(=O)c1ccn(-c2ccc(Cl)cc2Cl)n1. The number of aliphatic hydroxyl groups excluding tert-OH is 1. The number of nitrogens with zero attached hydrogens (tertiary/aromatic N) is 2. The van der Waals surface area contributed by atoms with Crippen molar-refractivity contribution < 1.29 is 14.6 Å². The number of carbonyl (C=O) groups excluding carboxylic acids is 1. The Bertz CT molecular complexity index is 661. The Kier molecular flexibility index (Phi) is 5.79. The monoisotopic (exact) mass is 343 g/mol. The van der Waals surface area contributed by atoms with Crippen LogP contribution in [0, 0.1) is 0 Å². The molecule has 1 unspecified atom stereocenters. The van der Waals surface area contributed by atoms with Crippen LogP contribution in [-0.4, -0.2) is 47.2 Å². The Hall–Kier alpha value is -1.60. The lowest BCUT2D eigenvalue weighted by atomic mass is 10.3. The van der Waals surface area contributed by atoms with Gasteiger partial charge in [0, 0.05) is 24.9 Å². The summed E-state index contributed by atoms with van der Waals surface area (Å²) in [5, 5.41) is 17.2. The van der Waals surface area contributed by atoms with E-state index >= 15 is 0 Å². The molecule has 0 aliphatic rings. The minimum atomic E-state index is -0.762. The second-order valence-corrected chi connectivity index (χ2v) is 5.40. The van der Waals surface area contributed by atoms with Gasteiger partial charge in [-0.1, -0.05) is 23.2 Å². The number of hydrogen-bond acceptors (Lipinski definition) is 4. The topological polar surface area (TPSA) is 76.4 Å². The Balaban J connectivity index is 2.06. The molecule has 1 atom stereocenters. The highest BCUT2D eigenvalue weighted by atomic mass is 35.5. The zero-order chi connectivity index (χ0) is 16.1. The van der Waals surface area contributed by atoms with Crippen LogP contribution in [0.4, 0.5) is 0 Å². The van der Waals surface area contributed by atoms with Crippen LogP contribution in [-0.2, 0) is 4.74 Å². The van der Waals surface area contributed by atoms with Gasteiger partial charge in [-0.05, 0) is 24.3 Å². The predicted octanol–water partition coefficient (Wildman–Crippen LogP) is 1.92. The molecule has 0 fully saturated rings. The molecule has 0 spiro atoms. The summed E-state index contributed by atoms with van der Waals surface area (Å²) in [5.41, 5.74) is 0.833. The van der Waals surface area contributed by atoms with Crippen LogP contribution < -0.4 is 5.32 Å². The Morgan fingerprint density at radius 3 is 2.91 bits per heavy atom. The van der Waals surface area contributed by atoms with Crippen molar-refractivity contribution in [3.8, 4) is 5.69 Å². The number of nitrogens with one attached hydrogen (secondary N) is 1. The van der Waals surface area contributed by atoms with E-state index < -0.39 is 6.10 Å². The van der Waals surface area contributed by atoms with E-state index in [1.54, 1.807) is 30.5 Å². The number of carbonyl (C=O) groups is 1. The molecule has 2 aromatic rings. The molecule has 22 heavy (non-hydrogen) atoms. The van der Waals surface area contributed by atoms with Crippen molar-refractivity contribution in [2.45, 2.75) is 6.10 Å². The molecule has 6 nitrogen and oxygen atoms in total. The molecule has 118 valence electrons. The van der Waals surface area contributed by atoms with Gasteiger partial charge < -0.3 is 15.2 Å². The fraction of sp³-hybridized carbons (Fsp3) is 0.286. The fourth-order valence-electron chi connectivity index (χ4n) is 1.80.